The van der Waals surface area contributed by atoms with Gasteiger partial charge in [-0.3, -0.25) is 10.1 Å². The number of nitro benzene ring substituents is 1. The number of nitrogens with zero attached hydrogens (tertiary/aromatic N) is 2. The number of phenols is 1. The van der Waals surface area contributed by atoms with E-state index in [1.54, 1.807) is 6.07 Å². The van der Waals surface area contributed by atoms with Crippen LogP contribution >= 0.6 is 12.2 Å². The molecular weight excluding hydrogens is 242 g/mol. The van der Waals surface area contributed by atoms with Gasteiger partial charge in [0.05, 0.1) is 10.5 Å². The van der Waals surface area contributed by atoms with E-state index >= 15 is 0 Å². The molecule has 17 heavy (non-hydrogen) atoms. The van der Waals surface area contributed by atoms with Gasteiger partial charge in [-0.15, -0.1) is 0 Å². The van der Waals surface area contributed by atoms with Gasteiger partial charge in [0, 0.05) is 6.07 Å². The van der Waals surface area contributed by atoms with Crippen molar-refractivity contribution in [3.63, 3.8) is 0 Å². The van der Waals surface area contributed by atoms with Crippen LogP contribution in [-0.4, -0.2) is 15.0 Å². The van der Waals surface area contributed by atoms with Gasteiger partial charge in [0.25, 0.3) is 0 Å². The predicted octanol–water partition coefficient (Wildman–Crippen LogP) is 1.49. The van der Waals surface area contributed by atoms with Crippen LogP contribution in [0.1, 0.15) is 5.56 Å². The number of rotatable bonds is 3. The van der Waals surface area contributed by atoms with Crippen LogP contribution in [0.5, 0.6) is 5.75 Å². The summed E-state index contributed by atoms with van der Waals surface area (Å²) in [6.45, 7) is 0. The van der Waals surface area contributed by atoms with Crippen LogP contribution in [0.2, 0.25) is 0 Å². The Labute approximate surface area is 102 Å². The fourth-order valence-electron chi connectivity index (χ4n) is 1.10. The molecule has 0 bridgehead atoms. The first-order valence-electron chi connectivity index (χ1n) is 4.34. The summed E-state index contributed by atoms with van der Waals surface area (Å²) < 4.78 is 0. The van der Waals surface area contributed by atoms with Crippen molar-refractivity contribution in [3.05, 3.63) is 39.4 Å². The van der Waals surface area contributed by atoms with Gasteiger partial charge in [-0.05, 0) is 17.7 Å². The van der Waals surface area contributed by atoms with Crippen LogP contribution < -0.4 is 5.73 Å². The molecule has 0 unspecified atom stereocenters. The Morgan fingerprint density at radius 2 is 2.29 bits per heavy atom. The minimum absolute atomic E-state index is 0.0417. The molecule has 1 rings (SSSR count). The SMILES string of the molecule is N#C/C(=C\c1ccc(O)c([N+](=O)[O-])c1)C(N)=S. The van der Waals surface area contributed by atoms with Crippen molar-refractivity contribution in [2.24, 2.45) is 5.73 Å². The smallest absolute Gasteiger partial charge is 0.311 e. The Bertz CT molecular complexity index is 560. The number of nitriles is 1. The lowest BCUT2D eigenvalue weighted by atomic mass is 10.1. The Kier molecular flexibility index (Phi) is 3.74. The highest BCUT2D eigenvalue weighted by Crippen LogP contribution is 2.27. The van der Waals surface area contributed by atoms with Gasteiger partial charge in [-0.2, -0.15) is 5.26 Å². The van der Waals surface area contributed by atoms with E-state index < -0.39 is 16.4 Å². The number of benzene rings is 1. The third-order valence-electron chi connectivity index (χ3n) is 1.89. The first kappa shape index (κ1) is 12.6. The fourth-order valence-corrected chi connectivity index (χ4v) is 1.21. The van der Waals surface area contributed by atoms with Crippen molar-refractivity contribution < 1.29 is 10.0 Å². The van der Waals surface area contributed by atoms with Crippen molar-refractivity contribution >= 4 is 29.0 Å². The van der Waals surface area contributed by atoms with Crippen molar-refractivity contribution in [1.82, 2.24) is 0 Å². The molecule has 0 aliphatic rings. The van der Waals surface area contributed by atoms with E-state index in [2.05, 4.69) is 12.2 Å². The third kappa shape index (κ3) is 2.99. The quantitative estimate of drug-likeness (QED) is 0.276. The zero-order chi connectivity index (χ0) is 13.0. The molecule has 0 fully saturated rings. The maximum absolute atomic E-state index is 10.6. The number of hydrogen-bond donors (Lipinski definition) is 2. The summed E-state index contributed by atoms with van der Waals surface area (Å²) in [5.74, 6) is -0.444. The van der Waals surface area contributed by atoms with E-state index in [9.17, 15) is 15.2 Å². The van der Waals surface area contributed by atoms with Gasteiger partial charge in [-0.1, -0.05) is 18.3 Å². The second-order valence-corrected chi connectivity index (χ2v) is 3.48. The highest BCUT2D eigenvalue weighted by Gasteiger charge is 2.13. The zero-order valence-corrected chi connectivity index (χ0v) is 9.27. The monoisotopic (exact) mass is 249 g/mol. The molecule has 1 aromatic carbocycles. The molecular formula is C10H7N3O3S. The number of hydrogen-bond acceptors (Lipinski definition) is 5. The lowest BCUT2D eigenvalue weighted by Gasteiger charge is -1.99. The molecule has 0 saturated heterocycles. The maximum atomic E-state index is 10.6. The number of nitro groups is 1. The van der Waals surface area contributed by atoms with Gasteiger partial charge in [0.15, 0.2) is 5.75 Å². The summed E-state index contributed by atoms with van der Waals surface area (Å²) in [5, 5.41) is 28.5. The van der Waals surface area contributed by atoms with Gasteiger partial charge in [-0.25, -0.2) is 0 Å². The summed E-state index contributed by atoms with van der Waals surface area (Å²) in [6.07, 6.45) is 1.31. The van der Waals surface area contributed by atoms with E-state index in [1.165, 1.54) is 18.2 Å². The lowest BCUT2D eigenvalue weighted by molar-refractivity contribution is -0.385. The molecule has 0 saturated carbocycles. The van der Waals surface area contributed by atoms with Gasteiger partial charge in [0.1, 0.15) is 11.1 Å². The van der Waals surface area contributed by atoms with Crippen LogP contribution in [0.15, 0.2) is 23.8 Å². The number of phenolic OH excluding ortho intramolecular Hbond substituents is 1. The average Bonchev–Trinajstić information content (AvgIpc) is 2.27. The molecule has 6 nitrogen and oxygen atoms in total. The number of thiocarbonyl (C=S) groups is 1. The van der Waals surface area contributed by atoms with Crippen LogP contribution in [0.3, 0.4) is 0 Å². The van der Waals surface area contributed by atoms with Crippen LogP contribution in [0.4, 0.5) is 5.69 Å². The molecule has 0 spiro atoms. The predicted molar refractivity (Wildman–Crippen MR) is 65.1 cm³/mol. The Morgan fingerprint density at radius 1 is 1.65 bits per heavy atom. The molecule has 86 valence electrons. The summed E-state index contributed by atoms with van der Waals surface area (Å²) in [5.41, 5.74) is 5.24. The molecule has 0 aliphatic heterocycles. The lowest BCUT2D eigenvalue weighted by Crippen LogP contribution is -2.09. The van der Waals surface area contributed by atoms with Crippen LogP contribution in [-0.2, 0) is 0 Å². The normalized spacial score (nSPS) is 10.6. The molecule has 7 heteroatoms. The molecule has 3 N–H and O–H groups in total. The molecule has 0 atom stereocenters. The van der Waals surface area contributed by atoms with Crippen molar-refractivity contribution in [3.8, 4) is 11.8 Å². The van der Waals surface area contributed by atoms with Crippen LogP contribution in [0, 0.1) is 21.4 Å². The Balaban J connectivity index is 3.27. The molecule has 0 heterocycles. The second kappa shape index (κ2) is 5.05. The van der Waals surface area contributed by atoms with E-state index in [0.717, 1.165) is 6.07 Å². The van der Waals surface area contributed by atoms with E-state index in [4.69, 9.17) is 11.0 Å². The molecule has 0 radical (unpaired) electrons. The first-order chi connectivity index (χ1) is 7.95. The molecule has 1 aromatic rings. The van der Waals surface area contributed by atoms with Gasteiger partial charge < -0.3 is 10.8 Å². The zero-order valence-electron chi connectivity index (χ0n) is 8.45. The maximum Gasteiger partial charge on any atom is 0.311 e. The fraction of sp³-hybridized carbons (Fsp3) is 0. The van der Waals surface area contributed by atoms with E-state index in [0.29, 0.717) is 5.56 Å². The summed E-state index contributed by atoms with van der Waals surface area (Å²) in [6, 6.07) is 5.49. The summed E-state index contributed by atoms with van der Waals surface area (Å²) in [7, 11) is 0. The highest BCUT2D eigenvalue weighted by molar-refractivity contribution is 7.80. The van der Waals surface area contributed by atoms with Crippen molar-refractivity contribution in [2.75, 3.05) is 0 Å². The summed E-state index contributed by atoms with van der Waals surface area (Å²) >= 11 is 4.63. The standard InChI is InChI=1S/C10H7N3O3S/c11-5-7(10(12)17)3-6-1-2-9(14)8(4-6)13(15)16/h1-4,14H,(H2,12,17)/b7-3+. The largest absolute Gasteiger partial charge is 0.502 e. The molecule has 0 aromatic heterocycles. The van der Waals surface area contributed by atoms with Gasteiger partial charge in [0.2, 0.25) is 0 Å². The second-order valence-electron chi connectivity index (χ2n) is 3.04. The summed E-state index contributed by atoms with van der Waals surface area (Å²) in [4.78, 5) is 9.76. The number of nitrogens with two attached hydrogens (primary N) is 1. The minimum atomic E-state index is -0.723. The topological polar surface area (TPSA) is 113 Å². The molecule has 0 amide bonds. The minimum Gasteiger partial charge on any atom is -0.502 e. The Hall–Kier alpha value is -2.46. The highest BCUT2D eigenvalue weighted by atomic mass is 32.1. The van der Waals surface area contributed by atoms with Crippen LogP contribution in [0.25, 0.3) is 6.08 Å². The molecule has 0 aliphatic carbocycles. The van der Waals surface area contributed by atoms with E-state index in [1.807, 2.05) is 0 Å². The van der Waals surface area contributed by atoms with Gasteiger partial charge >= 0.3 is 5.69 Å². The number of aromatic hydroxyl groups is 1. The third-order valence-corrected chi connectivity index (χ3v) is 2.11. The first-order valence-corrected chi connectivity index (χ1v) is 4.75. The van der Waals surface area contributed by atoms with Crippen molar-refractivity contribution in [1.29, 1.82) is 5.26 Å². The Morgan fingerprint density at radius 3 is 2.76 bits per heavy atom. The van der Waals surface area contributed by atoms with Crippen molar-refractivity contribution in [2.45, 2.75) is 0 Å². The average molecular weight is 249 g/mol. The van der Waals surface area contributed by atoms with E-state index in [-0.39, 0.29) is 10.6 Å².